The molecule has 7 nitrogen and oxygen atoms in total. The number of hydrogen-bond donors (Lipinski definition) is 1. The molecule has 1 fully saturated rings. The molecular weight excluding hydrogens is 516 g/mol. The number of ether oxygens (including phenoxy) is 3. The van der Waals surface area contributed by atoms with Crippen LogP contribution in [0.15, 0.2) is 79.2 Å². The Bertz CT molecular complexity index is 1430. The van der Waals surface area contributed by atoms with E-state index in [1.165, 1.54) is 6.26 Å². The maximum absolute atomic E-state index is 12.0. The molecule has 1 N–H and O–H groups in total. The van der Waals surface area contributed by atoms with Crippen molar-refractivity contribution in [2.75, 3.05) is 19.6 Å². The van der Waals surface area contributed by atoms with Gasteiger partial charge in [0.2, 0.25) is 12.0 Å². The highest BCUT2D eigenvalue weighted by atomic mass is 35.5. The third-order valence-electron chi connectivity index (χ3n) is 7.61. The lowest BCUT2D eigenvalue weighted by atomic mass is 9.84. The summed E-state index contributed by atoms with van der Waals surface area (Å²) >= 11 is 6.03. The number of allylic oxidation sites excluding steroid dienone is 1. The summed E-state index contributed by atoms with van der Waals surface area (Å²) in [7, 11) is 0. The molecule has 0 amide bonds. The molecule has 1 atom stereocenters. The first kappa shape index (κ1) is 25.6. The zero-order chi connectivity index (χ0) is 26.8. The lowest BCUT2D eigenvalue weighted by Crippen LogP contribution is -2.42. The van der Waals surface area contributed by atoms with Gasteiger partial charge in [0.15, 0.2) is 0 Å². The van der Waals surface area contributed by atoms with Crippen molar-refractivity contribution in [3.05, 3.63) is 101 Å². The fourth-order valence-electron chi connectivity index (χ4n) is 5.38. The van der Waals surface area contributed by atoms with Gasteiger partial charge in [-0.3, -0.25) is 0 Å². The van der Waals surface area contributed by atoms with Crippen LogP contribution in [-0.4, -0.2) is 46.7 Å². The summed E-state index contributed by atoms with van der Waals surface area (Å²) in [6.45, 7) is 2.51. The van der Waals surface area contributed by atoms with E-state index in [4.69, 9.17) is 25.8 Å². The van der Waals surface area contributed by atoms with E-state index in [9.17, 15) is 9.90 Å². The van der Waals surface area contributed by atoms with E-state index in [-0.39, 0.29) is 0 Å². The van der Waals surface area contributed by atoms with Gasteiger partial charge < -0.3 is 24.2 Å². The molecule has 4 heterocycles. The Hall–Kier alpha value is -3.65. The highest BCUT2D eigenvalue weighted by molar-refractivity contribution is 6.30. The van der Waals surface area contributed by atoms with Gasteiger partial charge in [-0.15, -0.1) is 0 Å². The van der Waals surface area contributed by atoms with Crippen LogP contribution in [0.5, 0.6) is 17.4 Å². The van der Waals surface area contributed by atoms with Crippen LogP contribution in [0.25, 0.3) is 5.57 Å². The van der Waals surface area contributed by atoms with Crippen molar-refractivity contribution in [3.8, 4) is 17.4 Å². The lowest BCUT2D eigenvalue weighted by molar-refractivity contribution is -0.141. The number of fused-ring (bicyclic) bond motifs is 2. The molecule has 200 valence electrons. The Morgan fingerprint density at radius 2 is 1.95 bits per heavy atom. The predicted molar refractivity (Wildman–Crippen MR) is 148 cm³/mol. The zero-order valence-corrected chi connectivity index (χ0v) is 22.1. The van der Waals surface area contributed by atoms with E-state index < -0.39 is 17.7 Å². The molecular formula is C31H29ClN2O5. The van der Waals surface area contributed by atoms with Crippen molar-refractivity contribution in [3.63, 3.8) is 0 Å². The average Bonchev–Trinajstić information content (AvgIpc) is 3.27. The fourth-order valence-corrected chi connectivity index (χ4v) is 5.50. The first-order chi connectivity index (χ1) is 19.0. The maximum atomic E-state index is 12.0. The monoisotopic (exact) mass is 544 g/mol. The molecule has 3 aromatic rings. The van der Waals surface area contributed by atoms with Crippen LogP contribution in [-0.2, 0) is 21.6 Å². The minimum Gasteiger partial charge on any atom is -0.474 e. The highest BCUT2D eigenvalue weighted by Gasteiger charge is 2.34. The number of carbonyl (C=O) groups excluding carboxylic acids is 1. The first-order valence-electron chi connectivity index (χ1n) is 13.2. The van der Waals surface area contributed by atoms with Crippen molar-refractivity contribution >= 4 is 23.1 Å². The number of aliphatic hydroxyl groups is 1. The van der Waals surface area contributed by atoms with E-state index >= 15 is 0 Å². The zero-order valence-electron chi connectivity index (χ0n) is 21.4. The van der Waals surface area contributed by atoms with Gasteiger partial charge in [0.1, 0.15) is 11.5 Å². The van der Waals surface area contributed by atoms with E-state index in [1.54, 1.807) is 12.3 Å². The molecule has 8 heteroatoms. The second-order valence-corrected chi connectivity index (χ2v) is 10.5. The molecule has 1 unspecified atom stereocenters. The summed E-state index contributed by atoms with van der Waals surface area (Å²) in [6.07, 6.45) is 8.89. The van der Waals surface area contributed by atoms with Crippen LogP contribution in [0, 0.1) is 0 Å². The van der Waals surface area contributed by atoms with E-state index in [0.29, 0.717) is 41.7 Å². The van der Waals surface area contributed by atoms with Gasteiger partial charge in [0.05, 0.1) is 11.9 Å². The number of benzene rings is 2. The number of aromatic nitrogens is 1. The Morgan fingerprint density at radius 3 is 2.72 bits per heavy atom. The summed E-state index contributed by atoms with van der Waals surface area (Å²) in [6, 6.07) is 17.0. The number of hydrogen-bond acceptors (Lipinski definition) is 7. The SMILES string of the molecule is O=C1OC=CC1Oc1cccc2c1CC(=CCCN1CCC(O)(c3ccc(Cl)cc3)CC1)c1cccnc1O2. The number of cyclic esters (lactones) is 1. The van der Waals surface area contributed by atoms with Crippen LogP contribution in [0.2, 0.25) is 5.02 Å². The summed E-state index contributed by atoms with van der Waals surface area (Å²) in [5, 5.41) is 11.9. The van der Waals surface area contributed by atoms with Crippen molar-refractivity contribution in [2.45, 2.75) is 37.4 Å². The number of carbonyl (C=O) groups is 1. The van der Waals surface area contributed by atoms with Crippen LogP contribution < -0.4 is 9.47 Å². The van der Waals surface area contributed by atoms with Gasteiger partial charge >= 0.3 is 5.97 Å². The Labute approximate surface area is 232 Å². The van der Waals surface area contributed by atoms with Gasteiger partial charge in [0.25, 0.3) is 0 Å². The molecule has 2 aromatic carbocycles. The topological polar surface area (TPSA) is 81.1 Å². The van der Waals surface area contributed by atoms with Crippen LogP contribution >= 0.6 is 11.6 Å². The lowest BCUT2D eigenvalue weighted by Gasteiger charge is -2.38. The number of esters is 1. The van der Waals surface area contributed by atoms with Gasteiger partial charge in [0, 0.05) is 54.5 Å². The predicted octanol–water partition coefficient (Wildman–Crippen LogP) is 5.66. The number of rotatable bonds is 6. The standard InChI is InChI=1S/C31H29ClN2O5/c32-23-10-8-22(9-11-23)31(36)13-17-34(18-14-31)16-3-4-21-20-25-26(38-28-12-19-37-30(28)35)6-1-7-27(25)39-29-24(21)5-2-15-33-29/h1-2,4-12,15,19,28,36H,3,13-14,16-18,20H2. The Kier molecular flexibility index (Phi) is 7.12. The molecule has 39 heavy (non-hydrogen) atoms. The summed E-state index contributed by atoms with van der Waals surface area (Å²) in [5.74, 6) is 1.35. The third-order valence-corrected chi connectivity index (χ3v) is 7.86. The fraction of sp³-hybridized carbons (Fsp3) is 0.290. The van der Waals surface area contributed by atoms with Crippen molar-refractivity contribution in [2.24, 2.45) is 0 Å². The molecule has 6 rings (SSSR count). The number of likely N-dealkylation sites (tertiary alicyclic amines) is 1. The highest BCUT2D eigenvalue weighted by Crippen LogP contribution is 2.42. The minimum absolute atomic E-state index is 0.438. The van der Waals surface area contributed by atoms with Crippen molar-refractivity contribution in [1.29, 1.82) is 0 Å². The summed E-state index contributed by atoms with van der Waals surface area (Å²) in [4.78, 5) is 18.9. The molecule has 0 saturated carbocycles. The smallest absolute Gasteiger partial charge is 0.356 e. The summed E-state index contributed by atoms with van der Waals surface area (Å²) in [5.41, 5.74) is 3.00. The van der Waals surface area contributed by atoms with Gasteiger partial charge in [-0.25, -0.2) is 9.78 Å². The number of halogens is 1. The molecule has 0 spiro atoms. The normalized spacial score (nSPS) is 21.0. The van der Waals surface area contributed by atoms with Gasteiger partial charge in [-0.2, -0.15) is 0 Å². The summed E-state index contributed by atoms with van der Waals surface area (Å²) < 4.78 is 17.2. The van der Waals surface area contributed by atoms with Crippen molar-refractivity contribution < 1.29 is 24.1 Å². The molecule has 0 aliphatic carbocycles. The molecule has 1 aromatic heterocycles. The van der Waals surface area contributed by atoms with Crippen LogP contribution in [0.1, 0.15) is 36.0 Å². The molecule has 3 aliphatic rings. The maximum Gasteiger partial charge on any atom is 0.356 e. The quantitative estimate of drug-likeness (QED) is 0.401. The molecule has 0 radical (unpaired) electrons. The minimum atomic E-state index is -0.816. The first-order valence-corrected chi connectivity index (χ1v) is 13.6. The second kappa shape index (κ2) is 10.8. The third kappa shape index (κ3) is 5.43. The van der Waals surface area contributed by atoms with Gasteiger partial charge in [-0.05, 0) is 66.8 Å². The molecule has 3 aliphatic heterocycles. The van der Waals surface area contributed by atoms with Gasteiger partial charge in [-0.1, -0.05) is 35.9 Å². The second-order valence-electron chi connectivity index (χ2n) is 10.1. The largest absolute Gasteiger partial charge is 0.474 e. The molecule has 1 saturated heterocycles. The van der Waals surface area contributed by atoms with Crippen LogP contribution in [0.4, 0.5) is 0 Å². The number of nitrogens with zero attached hydrogens (tertiary/aromatic N) is 2. The van der Waals surface area contributed by atoms with Crippen LogP contribution in [0.3, 0.4) is 0 Å². The Morgan fingerprint density at radius 1 is 1.13 bits per heavy atom. The average molecular weight is 545 g/mol. The van der Waals surface area contributed by atoms with Crippen molar-refractivity contribution in [1.82, 2.24) is 9.88 Å². The van der Waals surface area contributed by atoms with E-state index in [2.05, 4.69) is 16.0 Å². The number of piperidine rings is 1. The molecule has 0 bridgehead atoms. The van der Waals surface area contributed by atoms with E-state index in [0.717, 1.165) is 48.3 Å². The van der Waals surface area contributed by atoms with E-state index in [1.807, 2.05) is 54.6 Å². The Balaban J connectivity index is 1.17. The number of pyridine rings is 1.